The quantitative estimate of drug-likeness (QED) is 0.436. The molecule has 0 aliphatic carbocycles. The van der Waals surface area contributed by atoms with Crippen molar-refractivity contribution in [2.45, 2.75) is 13.2 Å². The van der Waals surface area contributed by atoms with Crippen LogP contribution in [-0.2, 0) is 13.2 Å². The number of hydrogen-bond donors (Lipinski definition) is 3. The zero-order valence-corrected chi connectivity index (χ0v) is 15.5. The first-order valence-corrected chi connectivity index (χ1v) is 9.07. The number of hydrogen-bond acceptors (Lipinski definition) is 3. The number of aromatic nitrogens is 2. The van der Waals surface area contributed by atoms with Crippen LogP contribution in [0.15, 0.2) is 65.5 Å². The van der Waals surface area contributed by atoms with Gasteiger partial charge in [0.25, 0.3) is 0 Å². The number of nitrogens with one attached hydrogen (secondary N) is 3. The average molecular weight is 398 g/mol. The van der Waals surface area contributed by atoms with Crippen LogP contribution in [0.3, 0.4) is 0 Å². The summed E-state index contributed by atoms with van der Waals surface area (Å²) >= 11 is 6.07. The van der Waals surface area contributed by atoms with E-state index in [9.17, 15) is 9.18 Å². The van der Waals surface area contributed by atoms with Gasteiger partial charge in [-0.15, -0.1) is 0 Å². The molecule has 3 aromatic carbocycles. The number of rotatable bonds is 6. The van der Waals surface area contributed by atoms with E-state index in [0.29, 0.717) is 22.9 Å². The molecule has 28 heavy (non-hydrogen) atoms. The number of imidazole rings is 1. The van der Waals surface area contributed by atoms with Crippen molar-refractivity contribution < 1.29 is 9.13 Å². The first-order chi connectivity index (χ1) is 13.6. The van der Waals surface area contributed by atoms with E-state index in [1.165, 1.54) is 12.1 Å². The van der Waals surface area contributed by atoms with Crippen molar-refractivity contribution in [2.24, 2.45) is 0 Å². The summed E-state index contributed by atoms with van der Waals surface area (Å²) in [6, 6.07) is 17.5. The number of fused-ring (bicyclic) bond motifs is 1. The lowest BCUT2D eigenvalue weighted by molar-refractivity contribution is 0.303. The number of para-hydroxylation sites is 1. The Labute approximate surface area is 165 Å². The molecule has 7 heteroatoms. The molecule has 0 radical (unpaired) electrons. The minimum absolute atomic E-state index is 0.231. The lowest BCUT2D eigenvalue weighted by atomic mass is 10.2. The monoisotopic (exact) mass is 397 g/mol. The van der Waals surface area contributed by atoms with Crippen LogP contribution >= 0.6 is 11.6 Å². The summed E-state index contributed by atoms with van der Waals surface area (Å²) in [7, 11) is 0. The highest BCUT2D eigenvalue weighted by Crippen LogP contribution is 2.24. The summed E-state index contributed by atoms with van der Waals surface area (Å²) in [4.78, 5) is 16.8. The van der Waals surface area contributed by atoms with Gasteiger partial charge in [-0.3, -0.25) is 0 Å². The third-order valence-corrected chi connectivity index (χ3v) is 4.72. The van der Waals surface area contributed by atoms with Crippen molar-refractivity contribution in [2.75, 3.05) is 5.32 Å². The number of benzene rings is 3. The predicted molar refractivity (Wildman–Crippen MR) is 108 cm³/mol. The minimum atomic E-state index is -0.376. The molecule has 1 aromatic heterocycles. The Bertz CT molecular complexity index is 1190. The first kappa shape index (κ1) is 18.1. The molecular formula is C21H17ClFN3O2. The van der Waals surface area contributed by atoms with Crippen LogP contribution in [0.5, 0.6) is 5.75 Å². The number of aromatic amines is 2. The predicted octanol–water partition coefficient (Wildman–Crippen LogP) is 4.84. The van der Waals surface area contributed by atoms with Crippen molar-refractivity contribution in [1.82, 2.24) is 9.97 Å². The van der Waals surface area contributed by atoms with E-state index >= 15 is 0 Å². The number of H-pyrrole nitrogens is 2. The molecule has 0 spiro atoms. The van der Waals surface area contributed by atoms with Gasteiger partial charge in [-0.25, -0.2) is 9.18 Å². The number of halogens is 2. The van der Waals surface area contributed by atoms with E-state index in [4.69, 9.17) is 16.3 Å². The van der Waals surface area contributed by atoms with Crippen LogP contribution in [0.2, 0.25) is 5.02 Å². The largest absolute Gasteiger partial charge is 0.488 e. The van der Waals surface area contributed by atoms with Crippen molar-refractivity contribution >= 4 is 28.3 Å². The molecule has 4 rings (SSSR count). The van der Waals surface area contributed by atoms with E-state index in [2.05, 4.69) is 15.3 Å². The van der Waals surface area contributed by atoms with Crippen LogP contribution in [-0.4, -0.2) is 9.97 Å². The SMILES string of the molecule is O=c1[nH]c2ccc(NCc3ccccc3OCc3ccc(F)cc3Cl)cc2[nH]1. The summed E-state index contributed by atoms with van der Waals surface area (Å²) in [6.45, 7) is 0.778. The second kappa shape index (κ2) is 7.78. The second-order valence-corrected chi connectivity index (χ2v) is 6.73. The van der Waals surface area contributed by atoms with Gasteiger partial charge in [0.15, 0.2) is 0 Å². The second-order valence-electron chi connectivity index (χ2n) is 6.33. The Kier molecular flexibility index (Phi) is 5.04. The molecule has 0 unspecified atom stereocenters. The molecule has 3 N–H and O–H groups in total. The molecule has 5 nitrogen and oxygen atoms in total. The smallest absolute Gasteiger partial charge is 0.323 e. The van der Waals surface area contributed by atoms with Crippen LogP contribution in [0.1, 0.15) is 11.1 Å². The van der Waals surface area contributed by atoms with E-state index < -0.39 is 0 Å². The molecule has 0 aliphatic heterocycles. The first-order valence-electron chi connectivity index (χ1n) is 8.69. The van der Waals surface area contributed by atoms with E-state index in [1.54, 1.807) is 6.07 Å². The highest BCUT2D eigenvalue weighted by Gasteiger charge is 2.07. The zero-order chi connectivity index (χ0) is 19.5. The summed E-state index contributed by atoms with van der Waals surface area (Å²) in [5.41, 5.74) is 3.82. The van der Waals surface area contributed by atoms with Gasteiger partial charge in [0.05, 0.1) is 16.1 Å². The fraction of sp³-hybridized carbons (Fsp3) is 0.0952. The maximum absolute atomic E-state index is 13.2. The number of ether oxygens (including phenoxy) is 1. The summed E-state index contributed by atoms with van der Waals surface area (Å²) in [5, 5.41) is 3.67. The van der Waals surface area contributed by atoms with Crippen LogP contribution < -0.4 is 15.7 Å². The van der Waals surface area contributed by atoms with Crippen molar-refractivity contribution in [3.05, 3.63) is 93.1 Å². The molecule has 0 fully saturated rings. The third kappa shape index (κ3) is 4.02. The van der Waals surface area contributed by atoms with E-state index in [-0.39, 0.29) is 18.1 Å². The van der Waals surface area contributed by atoms with Gasteiger partial charge >= 0.3 is 5.69 Å². The molecular weight excluding hydrogens is 381 g/mol. The van der Waals surface area contributed by atoms with Crippen molar-refractivity contribution in [1.29, 1.82) is 0 Å². The van der Waals surface area contributed by atoms with Crippen LogP contribution in [0.4, 0.5) is 10.1 Å². The fourth-order valence-electron chi connectivity index (χ4n) is 2.92. The summed E-state index contributed by atoms with van der Waals surface area (Å²) in [5.74, 6) is 0.339. The Morgan fingerprint density at radius 2 is 1.79 bits per heavy atom. The Hall–Kier alpha value is -3.25. The average Bonchev–Trinajstić information content (AvgIpc) is 3.05. The summed E-state index contributed by atoms with van der Waals surface area (Å²) in [6.07, 6.45) is 0. The molecule has 0 aliphatic rings. The topological polar surface area (TPSA) is 69.9 Å². The Morgan fingerprint density at radius 1 is 0.964 bits per heavy atom. The van der Waals surface area contributed by atoms with Gasteiger partial charge in [0.1, 0.15) is 18.2 Å². The molecule has 1 heterocycles. The molecule has 4 aromatic rings. The lowest BCUT2D eigenvalue weighted by Crippen LogP contribution is -2.04. The normalized spacial score (nSPS) is 10.9. The molecule has 0 bridgehead atoms. The van der Waals surface area contributed by atoms with Gasteiger partial charge in [0, 0.05) is 23.4 Å². The third-order valence-electron chi connectivity index (χ3n) is 4.37. The van der Waals surface area contributed by atoms with Crippen LogP contribution in [0.25, 0.3) is 11.0 Å². The Morgan fingerprint density at radius 3 is 2.64 bits per heavy atom. The van der Waals surface area contributed by atoms with Gasteiger partial charge in [-0.2, -0.15) is 0 Å². The van der Waals surface area contributed by atoms with Gasteiger partial charge < -0.3 is 20.0 Å². The maximum atomic E-state index is 13.2. The maximum Gasteiger partial charge on any atom is 0.323 e. The van der Waals surface area contributed by atoms with Gasteiger partial charge in [0.2, 0.25) is 0 Å². The molecule has 0 saturated heterocycles. The van der Waals surface area contributed by atoms with Crippen molar-refractivity contribution in [3.63, 3.8) is 0 Å². The highest BCUT2D eigenvalue weighted by atomic mass is 35.5. The molecule has 0 saturated carbocycles. The molecule has 0 atom stereocenters. The minimum Gasteiger partial charge on any atom is -0.488 e. The van der Waals surface area contributed by atoms with E-state index in [0.717, 1.165) is 22.3 Å². The number of anilines is 1. The fourth-order valence-corrected chi connectivity index (χ4v) is 3.15. The van der Waals surface area contributed by atoms with Crippen LogP contribution in [0, 0.1) is 5.82 Å². The molecule has 142 valence electrons. The van der Waals surface area contributed by atoms with Gasteiger partial charge in [-0.1, -0.05) is 35.9 Å². The standard InChI is InChI=1S/C21H17ClFN3O2/c22-17-9-15(23)6-5-14(17)12-28-20-4-2-1-3-13(20)11-24-16-7-8-18-19(10-16)26-21(27)25-18/h1-10,24H,11-12H2,(H2,25,26,27). The lowest BCUT2D eigenvalue weighted by Gasteiger charge is -2.13. The van der Waals surface area contributed by atoms with E-state index in [1.807, 2.05) is 42.5 Å². The van der Waals surface area contributed by atoms with Crippen molar-refractivity contribution in [3.8, 4) is 5.75 Å². The Balaban J connectivity index is 1.46. The summed E-state index contributed by atoms with van der Waals surface area (Å²) < 4.78 is 19.1. The molecule has 0 amide bonds. The van der Waals surface area contributed by atoms with Gasteiger partial charge in [-0.05, 0) is 36.4 Å². The zero-order valence-electron chi connectivity index (χ0n) is 14.8. The highest BCUT2D eigenvalue weighted by molar-refractivity contribution is 6.31.